The van der Waals surface area contributed by atoms with Gasteiger partial charge in [0.2, 0.25) is 0 Å². The fraction of sp³-hybridized carbons (Fsp3) is 0.769. The summed E-state index contributed by atoms with van der Waals surface area (Å²) in [5.41, 5.74) is 6.13. The molecule has 6 nitrogen and oxygen atoms in total. The van der Waals surface area contributed by atoms with Crippen molar-refractivity contribution >= 4 is 5.69 Å². The van der Waals surface area contributed by atoms with Crippen LogP contribution in [0.4, 0.5) is 5.69 Å². The molecule has 1 aromatic heterocycles. The van der Waals surface area contributed by atoms with Crippen LogP contribution in [0.15, 0.2) is 12.4 Å². The number of anilines is 1. The quantitative estimate of drug-likeness (QED) is 0.804. The molecule has 1 aliphatic rings. The number of likely N-dealkylation sites (tertiary alicyclic amines) is 1. The monoisotopic (exact) mass is 268 g/mol. The van der Waals surface area contributed by atoms with E-state index in [1.165, 1.54) is 0 Å². The molecule has 0 saturated carbocycles. The molecule has 0 bridgehead atoms. The van der Waals surface area contributed by atoms with E-state index < -0.39 is 6.10 Å². The van der Waals surface area contributed by atoms with E-state index in [1.807, 2.05) is 0 Å². The summed E-state index contributed by atoms with van der Waals surface area (Å²) in [7, 11) is 1.76. The van der Waals surface area contributed by atoms with Gasteiger partial charge in [0.05, 0.1) is 30.1 Å². The van der Waals surface area contributed by atoms with E-state index in [0.717, 1.165) is 25.9 Å². The van der Waals surface area contributed by atoms with Gasteiger partial charge in [0.15, 0.2) is 0 Å². The zero-order valence-electron chi connectivity index (χ0n) is 11.7. The number of hydrogen-bond donors (Lipinski definition) is 2. The first kappa shape index (κ1) is 14.3. The van der Waals surface area contributed by atoms with Crippen molar-refractivity contribution in [1.29, 1.82) is 0 Å². The lowest BCUT2D eigenvalue weighted by atomic mass is 9.94. The van der Waals surface area contributed by atoms with Gasteiger partial charge in [0, 0.05) is 26.4 Å². The van der Waals surface area contributed by atoms with Gasteiger partial charge in [-0.2, -0.15) is 5.10 Å². The van der Waals surface area contributed by atoms with Gasteiger partial charge in [-0.05, 0) is 26.3 Å². The molecule has 1 aliphatic heterocycles. The molecule has 19 heavy (non-hydrogen) atoms. The fourth-order valence-electron chi connectivity index (χ4n) is 2.68. The van der Waals surface area contributed by atoms with E-state index in [9.17, 15) is 5.11 Å². The number of nitrogens with zero attached hydrogens (tertiary/aromatic N) is 3. The van der Waals surface area contributed by atoms with Crippen molar-refractivity contribution in [3.63, 3.8) is 0 Å². The van der Waals surface area contributed by atoms with E-state index in [2.05, 4.69) is 16.9 Å². The number of aromatic nitrogens is 2. The molecule has 3 N–H and O–H groups in total. The number of aliphatic hydroxyl groups is 1. The largest absolute Gasteiger partial charge is 0.396 e. The van der Waals surface area contributed by atoms with Crippen LogP contribution in [0.25, 0.3) is 0 Å². The Morgan fingerprint density at radius 3 is 3.00 bits per heavy atom. The molecule has 2 atom stereocenters. The average Bonchev–Trinajstić information content (AvgIpc) is 2.74. The molecular formula is C13H24N4O2. The van der Waals surface area contributed by atoms with Crippen LogP contribution in [0.3, 0.4) is 0 Å². The Hall–Kier alpha value is -1.11. The molecule has 1 aromatic rings. The van der Waals surface area contributed by atoms with E-state index in [-0.39, 0.29) is 5.60 Å². The van der Waals surface area contributed by atoms with Crippen molar-refractivity contribution in [2.24, 2.45) is 0 Å². The van der Waals surface area contributed by atoms with Gasteiger partial charge in [-0.15, -0.1) is 0 Å². The molecule has 0 spiro atoms. The van der Waals surface area contributed by atoms with Gasteiger partial charge in [-0.1, -0.05) is 0 Å². The van der Waals surface area contributed by atoms with Gasteiger partial charge in [0.25, 0.3) is 0 Å². The Kier molecular flexibility index (Phi) is 4.44. The number of nitrogens with two attached hydrogens (primary N) is 1. The Morgan fingerprint density at radius 1 is 1.58 bits per heavy atom. The Balaban J connectivity index is 1.83. The van der Waals surface area contributed by atoms with Crippen LogP contribution in [-0.4, -0.2) is 58.2 Å². The number of piperidine rings is 1. The number of β-amino-alcohol motifs (C(OH)–C–C–N with tert-alkyl or cyclic N) is 1. The molecule has 1 saturated heterocycles. The molecule has 2 heterocycles. The summed E-state index contributed by atoms with van der Waals surface area (Å²) in [5.74, 6) is 0. The first-order valence-corrected chi connectivity index (χ1v) is 6.74. The molecule has 2 unspecified atom stereocenters. The maximum absolute atomic E-state index is 10.1. The number of aliphatic hydroxyl groups excluding tert-OH is 1. The van der Waals surface area contributed by atoms with Crippen LogP contribution in [-0.2, 0) is 11.3 Å². The topological polar surface area (TPSA) is 76.5 Å². The summed E-state index contributed by atoms with van der Waals surface area (Å²) in [6, 6.07) is 0. The van der Waals surface area contributed by atoms with Crippen LogP contribution < -0.4 is 5.73 Å². The summed E-state index contributed by atoms with van der Waals surface area (Å²) in [4.78, 5) is 2.25. The third-order valence-electron chi connectivity index (χ3n) is 3.75. The lowest BCUT2D eigenvalue weighted by Crippen LogP contribution is -2.49. The summed E-state index contributed by atoms with van der Waals surface area (Å²) in [5, 5.41) is 14.2. The number of nitrogen functional groups attached to an aromatic ring is 1. The summed E-state index contributed by atoms with van der Waals surface area (Å²) in [6.45, 7) is 5.11. The van der Waals surface area contributed by atoms with Crippen molar-refractivity contribution in [2.75, 3.05) is 32.5 Å². The summed E-state index contributed by atoms with van der Waals surface area (Å²) < 4.78 is 7.23. The van der Waals surface area contributed by atoms with E-state index in [1.54, 1.807) is 24.2 Å². The molecule has 2 rings (SSSR count). The van der Waals surface area contributed by atoms with Crippen LogP contribution in [0.2, 0.25) is 0 Å². The maximum Gasteiger partial charge on any atom is 0.0862 e. The van der Waals surface area contributed by atoms with Crippen molar-refractivity contribution in [1.82, 2.24) is 14.7 Å². The van der Waals surface area contributed by atoms with E-state index in [4.69, 9.17) is 10.5 Å². The van der Waals surface area contributed by atoms with Crippen molar-refractivity contribution in [3.8, 4) is 0 Å². The second-order valence-electron chi connectivity index (χ2n) is 5.64. The minimum Gasteiger partial charge on any atom is -0.396 e. The zero-order valence-corrected chi connectivity index (χ0v) is 11.7. The Bertz CT molecular complexity index is 409. The normalized spacial score (nSPS) is 26.5. The molecule has 6 heteroatoms. The molecule has 0 aromatic carbocycles. The number of methoxy groups -OCH3 is 1. The zero-order chi connectivity index (χ0) is 13.9. The maximum atomic E-state index is 10.1. The molecule has 0 amide bonds. The summed E-state index contributed by atoms with van der Waals surface area (Å²) in [6.07, 6.45) is 5.06. The van der Waals surface area contributed by atoms with Crippen LogP contribution in [0.1, 0.15) is 19.8 Å². The van der Waals surface area contributed by atoms with Gasteiger partial charge in [-0.25, -0.2) is 0 Å². The van der Waals surface area contributed by atoms with E-state index >= 15 is 0 Å². The van der Waals surface area contributed by atoms with Crippen molar-refractivity contribution in [2.45, 2.75) is 38.0 Å². The molecular weight excluding hydrogens is 244 g/mol. The summed E-state index contributed by atoms with van der Waals surface area (Å²) >= 11 is 0. The van der Waals surface area contributed by atoms with Crippen LogP contribution in [0.5, 0.6) is 0 Å². The Morgan fingerprint density at radius 2 is 2.37 bits per heavy atom. The van der Waals surface area contributed by atoms with Gasteiger partial charge in [0.1, 0.15) is 0 Å². The molecule has 1 fully saturated rings. The minimum atomic E-state index is -0.446. The van der Waals surface area contributed by atoms with Gasteiger partial charge < -0.3 is 15.6 Å². The fourth-order valence-corrected chi connectivity index (χ4v) is 2.68. The second kappa shape index (κ2) is 5.90. The molecule has 0 radical (unpaired) electrons. The Labute approximate surface area is 114 Å². The first-order chi connectivity index (χ1) is 9.00. The van der Waals surface area contributed by atoms with E-state index in [0.29, 0.717) is 18.8 Å². The standard InChI is InChI=1S/C13H24N4O2/c1-13(19-2)4-3-5-16(10-13)8-12(18)9-17-7-11(14)6-15-17/h6-7,12,18H,3-5,8-10,14H2,1-2H3. The number of ether oxygens (including phenoxy) is 1. The van der Waals surface area contributed by atoms with Crippen molar-refractivity contribution < 1.29 is 9.84 Å². The highest BCUT2D eigenvalue weighted by molar-refractivity contribution is 5.30. The number of hydrogen-bond acceptors (Lipinski definition) is 5. The van der Waals surface area contributed by atoms with Crippen molar-refractivity contribution in [3.05, 3.63) is 12.4 Å². The first-order valence-electron chi connectivity index (χ1n) is 6.74. The molecule has 0 aliphatic carbocycles. The highest BCUT2D eigenvalue weighted by atomic mass is 16.5. The van der Waals surface area contributed by atoms with Gasteiger partial charge in [-0.3, -0.25) is 9.58 Å². The highest BCUT2D eigenvalue weighted by Crippen LogP contribution is 2.23. The highest BCUT2D eigenvalue weighted by Gasteiger charge is 2.31. The minimum absolute atomic E-state index is 0.0892. The second-order valence-corrected chi connectivity index (χ2v) is 5.64. The predicted molar refractivity (Wildman–Crippen MR) is 73.7 cm³/mol. The van der Waals surface area contributed by atoms with Crippen LogP contribution >= 0.6 is 0 Å². The third kappa shape index (κ3) is 3.92. The predicted octanol–water partition coefficient (Wildman–Crippen LogP) is 0.327. The SMILES string of the molecule is COC1(C)CCCN(CC(O)Cn2cc(N)cn2)C1. The molecule has 108 valence electrons. The third-order valence-corrected chi connectivity index (χ3v) is 3.75. The lowest BCUT2D eigenvalue weighted by molar-refractivity contribution is -0.0594. The number of rotatable bonds is 5. The lowest BCUT2D eigenvalue weighted by Gasteiger charge is -2.40. The average molecular weight is 268 g/mol. The van der Waals surface area contributed by atoms with Gasteiger partial charge >= 0.3 is 0 Å². The van der Waals surface area contributed by atoms with Crippen LogP contribution in [0, 0.1) is 0 Å². The smallest absolute Gasteiger partial charge is 0.0862 e.